The van der Waals surface area contributed by atoms with Crippen molar-refractivity contribution in [2.45, 2.75) is 30.6 Å². The first kappa shape index (κ1) is 22.1. The highest BCUT2D eigenvalue weighted by Gasteiger charge is 2.20. The average molecular weight is 477 g/mol. The van der Waals surface area contributed by atoms with E-state index in [9.17, 15) is 4.79 Å². The molecule has 1 fully saturated rings. The molecule has 1 aliphatic rings. The molecule has 0 aliphatic carbocycles. The second-order valence-electron chi connectivity index (χ2n) is 7.24. The Kier molecular flexibility index (Phi) is 7.50. The van der Waals surface area contributed by atoms with Gasteiger partial charge in [0.05, 0.1) is 17.3 Å². The van der Waals surface area contributed by atoms with Gasteiger partial charge in [-0.3, -0.25) is 9.36 Å². The number of benzene rings is 2. The molecule has 0 unspecified atom stereocenters. The molecule has 1 aliphatic heterocycles. The highest BCUT2D eigenvalue weighted by molar-refractivity contribution is 7.99. The molecule has 2 heterocycles. The lowest BCUT2D eigenvalue weighted by Gasteiger charge is -2.22. The monoisotopic (exact) mass is 476 g/mol. The van der Waals surface area contributed by atoms with Crippen LogP contribution >= 0.6 is 35.0 Å². The Morgan fingerprint density at radius 3 is 2.65 bits per heavy atom. The van der Waals surface area contributed by atoms with E-state index in [2.05, 4.69) is 15.5 Å². The fourth-order valence-corrected chi connectivity index (χ4v) is 4.66. The summed E-state index contributed by atoms with van der Waals surface area (Å²) in [6, 6.07) is 15.5. The molecule has 2 aromatic carbocycles. The third kappa shape index (κ3) is 5.80. The van der Waals surface area contributed by atoms with Crippen molar-refractivity contribution in [2.75, 3.05) is 19.0 Å². The van der Waals surface area contributed by atoms with Crippen LogP contribution in [0.2, 0.25) is 10.0 Å². The molecule has 3 aromatic rings. The van der Waals surface area contributed by atoms with Crippen LogP contribution in [0.1, 0.15) is 18.4 Å². The van der Waals surface area contributed by atoms with E-state index in [1.807, 2.05) is 41.0 Å². The summed E-state index contributed by atoms with van der Waals surface area (Å²) in [7, 11) is 0. The number of hydrogen-bond donors (Lipinski definition) is 1. The van der Waals surface area contributed by atoms with Crippen molar-refractivity contribution in [2.24, 2.45) is 0 Å². The second kappa shape index (κ2) is 10.5. The third-order valence-corrected chi connectivity index (χ3v) is 6.51. The van der Waals surface area contributed by atoms with Crippen LogP contribution in [0.25, 0.3) is 11.4 Å². The molecule has 1 N–H and O–H groups in total. The smallest absolute Gasteiger partial charge is 0.230 e. The van der Waals surface area contributed by atoms with E-state index in [-0.39, 0.29) is 17.7 Å². The lowest BCUT2D eigenvalue weighted by molar-refractivity contribution is -0.119. The summed E-state index contributed by atoms with van der Waals surface area (Å²) in [4.78, 5) is 12.5. The minimum atomic E-state index is -0.0164. The molecule has 9 heteroatoms. The summed E-state index contributed by atoms with van der Waals surface area (Å²) in [5.41, 5.74) is 1.84. The topological polar surface area (TPSA) is 69.0 Å². The number of carbonyl (C=O) groups excluding carboxylic acids is 1. The van der Waals surface area contributed by atoms with Crippen LogP contribution in [0.5, 0.6) is 0 Å². The molecule has 0 radical (unpaired) electrons. The van der Waals surface area contributed by atoms with E-state index in [0.717, 1.165) is 24.0 Å². The van der Waals surface area contributed by atoms with Gasteiger partial charge in [-0.15, -0.1) is 10.2 Å². The van der Waals surface area contributed by atoms with Crippen molar-refractivity contribution < 1.29 is 9.53 Å². The first-order valence-corrected chi connectivity index (χ1v) is 11.8. The summed E-state index contributed by atoms with van der Waals surface area (Å²) < 4.78 is 7.33. The van der Waals surface area contributed by atoms with E-state index in [1.54, 1.807) is 12.1 Å². The molecule has 0 saturated carbocycles. The molecule has 0 bridgehead atoms. The van der Waals surface area contributed by atoms with Crippen molar-refractivity contribution in [3.63, 3.8) is 0 Å². The Morgan fingerprint density at radius 2 is 1.90 bits per heavy atom. The van der Waals surface area contributed by atoms with Crippen molar-refractivity contribution in [3.05, 3.63) is 64.1 Å². The maximum atomic E-state index is 12.5. The highest BCUT2D eigenvalue weighted by Crippen LogP contribution is 2.32. The number of rotatable bonds is 7. The SMILES string of the molecule is O=C(CSc1nnc(-c2ccc(Cl)cc2Cl)n1Cc1ccccc1)NC1CCOCC1. The minimum Gasteiger partial charge on any atom is -0.381 e. The van der Waals surface area contributed by atoms with Crippen LogP contribution in [-0.2, 0) is 16.1 Å². The van der Waals surface area contributed by atoms with Crippen LogP contribution in [0.3, 0.4) is 0 Å². The largest absolute Gasteiger partial charge is 0.381 e. The number of aromatic nitrogens is 3. The van der Waals surface area contributed by atoms with Crippen LogP contribution in [0.15, 0.2) is 53.7 Å². The Labute approximate surface area is 195 Å². The number of amides is 1. The zero-order valence-corrected chi connectivity index (χ0v) is 19.1. The summed E-state index contributed by atoms with van der Waals surface area (Å²) in [5, 5.41) is 13.5. The number of halogens is 2. The van der Waals surface area contributed by atoms with Crippen molar-refractivity contribution in [3.8, 4) is 11.4 Å². The van der Waals surface area contributed by atoms with Gasteiger partial charge in [-0.2, -0.15) is 0 Å². The van der Waals surface area contributed by atoms with Gasteiger partial charge < -0.3 is 10.1 Å². The van der Waals surface area contributed by atoms with Crippen molar-refractivity contribution in [1.82, 2.24) is 20.1 Å². The zero-order chi connectivity index (χ0) is 21.6. The maximum Gasteiger partial charge on any atom is 0.230 e. The Hall–Kier alpha value is -2.06. The third-order valence-electron chi connectivity index (χ3n) is 4.99. The molecule has 1 aromatic heterocycles. The number of carbonyl (C=O) groups is 1. The van der Waals surface area contributed by atoms with E-state index < -0.39 is 0 Å². The predicted octanol–water partition coefficient (Wildman–Crippen LogP) is 4.69. The first-order valence-electron chi connectivity index (χ1n) is 10.0. The molecule has 162 valence electrons. The van der Waals surface area contributed by atoms with Crippen molar-refractivity contribution >= 4 is 40.9 Å². The first-order chi connectivity index (χ1) is 15.1. The van der Waals surface area contributed by atoms with E-state index >= 15 is 0 Å². The average Bonchev–Trinajstić information content (AvgIpc) is 3.16. The van der Waals surface area contributed by atoms with E-state index in [0.29, 0.717) is 40.8 Å². The van der Waals surface area contributed by atoms with Crippen LogP contribution in [-0.4, -0.2) is 45.7 Å². The number of nitrogens with one attached hydrogen (secondary N) is 1. The second-order valence-corrected chi connectivity index (χ2v) is 9.03. The maximum absolute atomic E-state index is 12.5. The molecular formula is C22H22Cl2N4O2S. The van der Waals surface area contributed by atoms with Gasteiger partial charge in [0.2, 0.25) is 5.91 Å². The lowest BCUT2D eigenvalue weighted by Crippen LogP contribution is -2.39. The van der Waals surface area contributed by atoms with Gasteiger partial charge in [0.25, 0.3) is 0 Å². The van der Waals surface area contributed by atoms with Crippen LogP contribution in [0, 0.1) is 0 Å². The normalized spacial score (nSPS) is 14.5. The van der Waals surface area contributed by atoms with E-state index in [1.165, 1.54) is 11.8 Å². The summed E-state index contributed by atoms with van der Waals surface area (Å²) in [5.74, 6) is 0.883. The Balaban J connectivity index is 1.55. The van der Waals surface area contributed by atoms with Gasteiger partial charge in [0.1, 0.15) is 0 Å². The van der Waals surface area contributed by atoms with Crippen molar-refractivity contribution in [1.29, 1.82) is 0 Å². The molecule has 0 spiro atoms. The number of hydrogen-bond acceptors (Lipinski definition) is 5. The molecule has 1 saturated heterocycles. The predicted molar refractivity (Wildman–Crippen MR) is 124 cm³/mol. The van der Waals surface area contributed by atoms with Gasteiger partial charge >= 0.3 is 0 Å². The van der Waals surface area contributed by atoms with Gasteiger partial charge in [-0.05, 0) is 36.6 Å². The summed E-state index contributed by atoms with van der Waals surface area (Å²) in [6.07, 6.45) is 1.69. The van der Waals surface area contributed by atoms with Gasteiger partial charge in [-0.1, -0.05) is 65.3 Å². The number of nitrogens with zero attached hydrogens (tertiary/aromatic N) is 3. The molecule has 4 rings (SSSR count). The quantitative estimate of drug-likeness (QED) is 0.501. The minimum absolute atomic E-state index is 0.0164. The molecule has 0 atom stereocenters. The van der Waals surface area contributed by atoms with Gasteiger partial charge in [-0.25, -0.2) is 0 Å². The zero-order valence-electron chi connectivity index (χ0n) is 16.8. The molecule has 6 nitrogen and oxygen atoms in total. The fourth-order valence-electron chi connectivity index (χ4n) is 3.42. The molecular weight excluding hydrogens is 455 g/mol. The van der Waals surface area contributed by atoms with Crippen LogP contribution < -0.4 is 5.32 Å². The van der Waals surface area contributed by atoms with E-state index in [4.69, 9.17) is 27.9 Å². The number of thioether (sulfide) groups is 1. The Bertz CT molecular complexity index is 1040. The highest BCUT2D eigenvalue weighted by atomic mass is 35.5. The van der Waals surface area contributed by atoms with Crippen LogP contribution in [0.4, 0.5) is 0 Å². The summed E-state index contributed by atoms with van der Waals surface area (Å²) >= 11 is 13.9. The summed E-state index contributed by atoms with van der Waals surface area (Å²) in [6.45, 7) is 1.94. The Morgan fingerprint density at radius 1 is 1.13 bits per heavy atom. The molecule has 31 heavy (non-hydrogen) atoms. The fraction of sp³-hybridized carbons (Fsp3) is 0.318. The molecule has 1 amide bonds. The number of ether oxygens (including phenoxy) is 1. The lowest BCUT2D eigenvalue weighted by atomic mass is 10.1. The van der Waals surface area contributed by atoms with Gasteiger partial charge in [0, 0.05) is 29.8 Å². The van der Waals surface area contributed by atoms with Gasteiger partial charge in [0.15, 0.2) is 11.0 Å². The standard InChI is InChI=1S/C22H22Cl2N4O2S/c23-16-6-7-18(19(24)12-16)21-26-27-22(28(21)13-15-4-2-1-3-5-15)31-14-20(29)25-17-8-10-30-11-9-17/h1-7,12,17H,8-11,13-14H2,(H,25,29).